The monoisotopic (exact) mass is 526 g/mol. The minimum absolute atomic E-state index is 0.00142. The first-order chi connectivity index (χ1) is 17.2. The zero-order valence-corrected chi connectivity index (χ0v) is 20.3. The third kappa shape index (κ3) is 5.07. The molecular formula is C25H16Cl2N2O7. The van der Waals surface area contributed by atoms with E-state index < -0.39 is 16.9 Å². The van der Waals surface area contributed by atoms with Gasteiger partial charge in [-0.15, -0.1) is 0 Å². The van der Waals surface area contributed by atoms with Gasteiger partial charge in [0.15, 0.2) is 17.2 Å². The van der Waals surface area contributed by atoms with Crippen LogP contribution in [0.2, 0.25) is 10.0 Å². The molecule has 36 heavy (non-hydrogen) atoms. The summed E-state index contributed by atoms with van der Waals surface area (Å²) < 4.78 is 16.0. The number of cyclic esters (lactones) is 1. The lowest BCUT2D eigenvalue weighted by atomic mass is 10.1. The van der Waals surface area contributed by atoms with Gasteiger partial charge in [0.2, 0.25) is 5.90 Å². The van der Waals surface area contributed by atoms with Crippen LogP contribution in [0.3, 0.4) is 0 Å². The van der Waals surface area contributed by atoms with E-state index in [0.29, 0.717) is 11.1 Å². The molecule has 0 saturated carbocycles. The summed E-state index contributed by atoms with van der Waals surface area (Å²) in [7, 11) is 1.38. The molecule has 0 bridgehead atoms. The summed E-state index contributed by atoms with van der Waals surface area (Å²) in [6.45, 7) is 1.78. The molecule has 1 heterocycles. The minimum Gasteiger partial charge on any atom is -0.493 e. The molecule has 11 heteroatoms. The zero-order valence-electron chi connectivity index (χ0n) is 18.8. The third-order valence-electron chi connectivity index (χ3n) is 5.13. The number of aryl methyl sites for hydroxylation is 1. The van der Waals surface area contributed by atoms with Crippen molar-refractivity contribution in [2.45, 2.75) is 6.92 Å². The Morgan fingerprint density at radius 1 is 1.11 bits per heavy atom. The first kappa shape index (κ1) is 24.9. The van der Waals surface area contributed by atoms with E-state index in [9.17, 15) is 19.7 Å². The van der Waals surface area contributed by atoms with E-state index in [2.05, 4.69) is 4.99 Å². The molecule has 0 fully saturated rings. The van der Waals surface area contributed by atoms with Crippen LogP contribution < -0.4 is 9.47 Å². The molecule has 0 aliphatic carbocycles. The van der Waals surface area contributed by atoms with E-state index in [4.69, 9.17) is 37.4 Å². The van der Waals surface area contributed by atoms with Gasteiger partial charge in [-0.05, 0) is 48.4 Å². The predicted octanol–water partition coefficient (Wildman–Crippen LogP) is 5.78. The topological polar surface area (TPSA) is 117 Å². The van der Waals surface area contributed by atoms with Crippen LogP contribution in [-0.2, 0) is 9.53 Å². The second-order valence-electron chi connectivity index (χ2n) is 7.50. The van der Waals surface area contributed by atoms with Crippen molar-refractivity contribution >= 4 is 52.8 Å². The first-order valence-corrected chi connectivity index (χ1v) is 11.1. The maximum Gasteiger partial charge on any atom is 0.363 e. The first-order valence-electron chi connectivity index (χ1n) is 10.3. The number of carbonyl (C=O) groups is 2. The fourth-order valence-corrected chi connectivity index (χ4v) is 3.86. The molecule has 9 nitrogen and oxygen atoms in total. The number of esters is 2. The summed E-state index contributed by atoms with van der Waals surface area (Å²) in [6, 6.07) is 13.6. The standard InChI is InChI=1S/C25H16Cl2N2O7/c1-13-5-3-4-6-16(13)24(30)35-22-19(27)9-14(11-21(22)34-2)10-20-25(31)36-23(28-20)17-8-7-15(29(32)33)12-18(17)26/h3-12H,1-2H3/b20-10-. The van der Waals surface area contributed by atoms with E-state index in [1.54, 1.807) is 31.2 Å². The molecule has 0 N–H and O–H groups in total. The minimum atomic E-state index is -0.760. The van der Waals surface area contributed by atoms with Gasteiger partial charge in [-0.25, -0.2) is 14.6 Å². The second-order valence-corrected chi connectivity index (χ2v) is 8.31. The molecule has 1 aliphatic rings. The summed E-state index contributed by atoms with van der Waals surface area (Å²) in [6.07, 6.45) is 1.40. The number of nitro groups is 1. The van der Waals surface area contributed by atoms with Crippen molar-refractivity contribution in [3.8, 4) is 11.5 Å². The summed E-state index contributed by atoms with van der Waals surface area (Å²) >= 11 is 12.5. The van der Waals surface area contributed by atoms with Crippen LogP contribution in [0.15, 0.2) is 65.3 Å². The summed E-state index contributed by atoms with van der Waals surface area (Å²) in [5, 5.41) is 11.0. The Morgan fingerprint density at radius 2 is 1.86 bits per heavy atom. The highest BCUT2D eigenvalue weighted by atomic mass is 35.5. The fraction of sp³-hybridized carbons (Fsp3) is 0.0800. The number of nitro benzene ring substituents is 1. The maximum absolute atomic E-state index is 12.6. The normalized spacial score (nSPS) is 13.8. The van der Waals surface area contributed by atoms with Crippen LogP contribution in [-0.4, -0.2) is 29.9 Å². The lowest BCUT2D eigenvalue weighted by molar-refractivity contribution is -0.384. The summed E-state index contributed by atoms with van der Waals surface area (Å²) in [5.74, 6) is -1.29. The van der Waals surface area contributed by atoms with Gasteiger partial charge in [0.05, 0.1) is 33.2 Å². The van der Waals surface area contributed by atoms with Crippen LogP contribution in [0.4, 0.5) is 5.69 Å². The molecule has 0 saturated heterocycles. The molecule has 1 aliphatic heterocycles. The Kier molecular flexibility index (Phi) is 7.05. The summed E-state index contributed by atoms with van der Waals surface area (Å²) in [5.41, 5.74) is 1.46. The van der Waals surface area contributed by atoms with Gasteiger partial charge in [-0.3, -0.25) is 10.1 Å². The number of ether oxygens (including phenoxy) is 3. The highest BCUT2D eigenvalue weighted by molar-refractivity contribution is 6.35. The molecule has 0 amide bonds. The quantitative estimate of drug-likeness (QED) is 0.131. The van der Waals surface area contributed by atoms with Crippen molar-refractivity contribution < 1.29 is 28.7 Å². The van der Waals surface area contributed by atoms with Gasteiger partial charge < -0.3 is 14.2 Å². The van der Waals surface area contributed by atoms with Crippen molar-refractivity contribution in [1.82, 2.24) is 0 Å². The number of hydrogen-bond donors (Lipinski definition) is 0. The Hall–Kier alpha value is -4.21. The van der Waals surface area contributed by atoms with Crippen LogP contribution in [0.1, 0.15) is 27.0 Å². The highest BCUT2D eigenvalue weighted by Crippen LogP contribution is 2.38. The van der Waals surface area contributed by atoms with E-state index in [1.807, 2.05) is 0 Å². The Labute approximate surface area is 214 Å². The average Bonchev–Trinajstić information content (AvgIpc) is 3.20. The van der Waals surface area contributed by atoms with Crippen molar-refractivity contribution in [2.75, 3.05) is 7.11 Å². The van der Waals surface area contributed by atoms with Crippen molar-refractivity contribution in [1.29, 1.82) is 0 Å². The lowest BCUT2D eigenvalue weighted by Crippen LogP contribution is -2.11. The second kappa shape index (κ2) is 10.2. The van der Waals surface area contributed by atoms with Crippen molar-refractivity contribution in [3.63, 3.8) is 0 Å². The van der Waals surface area contributed by atoms with Gasteiger partial charge in [0.25, 0.3) is 5.69 Å². The van der Waals surface area contributed by atoms with E-state index >= 15 is 0 Å². The number of non-ortho nitro benzene ring substituents is 1. The molecule has 182 valence electrons. The zero-order chi connectivity index (χ0) is 26.0. The summed E-state index contributed by atoms with van der Waals surface area (Å²) in [4.78, 5) is 39.5. The Morgan fingerprint density at radius 3 is 2.53 bits per heavy atom. The van der Waals surface area contributed by atoms with Crippen LogP contribution >= 0.6 is 23.2 Å². The molecule has 3 aromatic rings. The van der Waals surface area contributed by atoms with Crippen molar-refractivity contribution in [2.24, 2.45) is 4.99 Å². The van der Waals surface area contributed by atoms with Crippen molar-refractivity contribution in [3.05, 3.63) is 103 Å². The largest absolute Gasteiger partial charge is 0.493 e. The lowest BCUT2D eigenvalue weighted by Gasteiger charge is -2.13. The molecule has 0 spiro atoms. The van der Waals surface area contributed by atoms with Crippen LogP contribution in [0.25, 0.3) is 6.08 Å². The Bertz CT molecular complexity index is 1480. The molecule has 0 atom stereocenters. The average molecular weight is 527 g/mol. The maximum atomic E-state index is 12.6. The SMILES string of the molecule is COc1cc(/C=C2\N=C(c3ccc([N+](=O)[O-])cc3Cl)OC2=O)cc(Cl)c1OC(=O)c1ccccc1C. The van der Waals surface area contributed by atoms with Gasteiger partial charge >= 0.3 is 11.9 Å². The fourth-order valence-electron chi connectivity index (χ4n) is 3.35. The Balaban J connectivity index is 1.64. The smallest absolute Gasteiger partial charge is 0.363 e. The predicted molar refractivity (Wildman–Crippen MR) is 133 cm³/mol. The molecule has 3 aromatic carbocycles. The highest BCUT2D eigenvalue weighted by Gasteiger charge is 2.27. The van der Waals surface area contributed by atoms with E-state index in [-0.39, 0.29) is 44.4 Å². The number of carbonyl (C=O) groups excluding carboxylic acids is 2. The number of hydrogen-bond acceptors (Lipinski definition) is 8. The number of rotatable bonds is 6. The van der Waals surface area contributed by atoms with E-state index in [1.165, 1.54) is 37.5 Å². The molecule has 0 radical (unpaired) electrons. The van der Waals surface area contributed by atoms with Gasteiger partial charge in [-0.2, -0.15) is 0 Å². The van der Waals surface area contributed by atoms with Gasteiger partial charge in [0, 0.05) is 12.1 Å². The number of halogens is 2. The molecule has 4 rings (SSSR count). The number of nitrogens with zero attached hydrogens (tertiary/aromatic N) is 2. The van der Waals surface area contributed by atoms with Crippen LogP contribution in [0.5, 0.6) is 11.5 Å². The van der Waals surface area contributed by atoms with Gasteiger partial charge in [0.1, 0.15) is 0 Å². The van der Waals surface area contributed by atoms with E-state index in [0.717, 1.165) is 11.6 Å². The number of benzene rings is 3. The number of methoxy groups -OCH3 is 1. The molecular weight excluding hydrogens is 511 g/mol. The van der Waals surface area contributed by atoms with Crippen LogP contribution in [0, 0.1) is 17.0 Å². The third-order valence-corrected chi connectivity index (χ3v) is 5.72. The molecule has 0 aromatic heterocycles. The number of aliphatic imine (C=N–C) groups is 1. The van der Waals surface area contributed by atoms with Gasteiger partial charge in [-0.1, -0.05) is 41.4 Å². The molecule has 0 unspecified atom stereocenters.